The molecule has 0 aliphatic heterocycles. The second-order valence-electron chi connectivity index (χ2n) is 4.13. The summed E-state index contributed by atoms with van der Waals surface area (Å²) in [6.45, 7) is 4.04. The lowest BCUT2D eigenvalue weighted by Crippen LogP contribution is -2.05. The lowest BCUT2D eigenvalue weighted by molar-refractivity contribution is 0.213. The van der Waals surface area contributed by atoms with Gasteiger partial charge in [0.15, 0.2) is 0 Å². The van der Waals surface area contributed by atoms with Crippen LogP contribution in [-0.4, -0.2) is 10.1 Å². The predicted octanol–water partition coefficient (Wildman–Crippen LogP) is 3.54. The number of nitrogens with zero attached hydrogens (tertiary/aromatic N) is 1. The van der Waals surface area contributed by atoms with Crippen LogP contribution in [0.1, 0.15) is 28.5 Å². The van der Waals surface area contributed by atoms with Crippen molar-refractivity contribution < 1.29 is 5.11 Å². The highest BCUT2D eigenvalue weighted by Crippen LogP contribution is 2.28. The number of aliphatic hydroxyl groups is 1. The Kier molecular flexibility index (Phi) is 3.60. The van der Waals surface area contributed by atoms with E-state index in [1.807, 2.05) is 38.1 Å². The molecule has 0 aliphatic carbocycles. The lowest BCUT2D eigenvalue weighted by Gasteiger charge is -2.15. The minimum atomic E-state index is -0.689. The van der Waals surface area contributed by atoms with Crippen molar-refractivity contribution in [2.75, 3.05) is 0 Å². The fourth-order valence-corrected chi connectivity index (χ4v) is 2.35. The van der Waals surface area contributed by atoms with Crippen LogP contribution in [0, 0.1) is 13.8 Å². The van der Waals surface area contributed by atoms with Crippen LogP contribution in [0.4, 0.5) is 0 Å². The third-order valence-corrected chi connectivity index (χ3v) is 3.44. The zero-order valence-corrected chi connectivity index (χ0v) is 11.4. The average molecular weight is 292 g/mol. The molecule has 88 valence electrons. The van der Waals surface area contributed by atoms with Crippen LogP contribution in [0.2, 0.25) is 0 Å². The summed E-state index contributed by atoms with van der Waals surface area (Å²) in [7, 11) is 0. The molecule has 2 rings (SSSR count). The Morgan fingerprint density at radius 1 is 1.24 bits per heavy atom. The second-order valence-corrected chi connectivity index (χ2v) is 4.99. The van der Waals surface area contributed by atoms with E-state index in [2.05, 4.69) is 27.0 Å². The monoisotopic (exact) mass is 291 g/mol. The van der Waals surface area contributed by atoms with E-state index in [9.17, 15) is 5.11 Å². The molecule has 1 N–H and O–H groups in total. The largest absolute Gasteiger partial charge is 0.382 e. The van der Waals surface area contributed by atoms with Crippen molar-refractivity contribution in [2.24, 2.45) is 0 Å². The van der Waals surface area contributed by atoms with E-state index in [1.54, 1.807) is 6.20 Å². The molecule has 0 saturated carbocycles. The normalized spacial score (nSPS) is 12.5. The summed E-state index contributed by atoms with van der Waals surface area (Å²) in [4.78, 5) is 4.22. The van der Waals surface area contributed by atoms with Crippen molar-refractivity contribution in [1.29, 1.82) is 0 Å². The highest BCUT2D eigenvalue weighted by Gasteiger charge is 2.16. The molecule has 1 unspecified atom stereocenters. The predicted molar refractivity (Wildman–Crippen MR) is 71.9 cm³/mol. The van der Waals surface area contributed by atoms with Crippen molar-refractivity contribution in [3.63, 3.8) is 0 Å². The smallest absolute Gasteiger partial charge is 0.122 e. The first-order valence-electron chi connectivity index (χ1n) is 5.45. The maximum atomic E-state index is 10.4. The van der Waals surface area contributed by atoms with Crippen molar-refractivity contribution in [1.82, 2.24) is 4.98 Å². The van der Waals surface area contributed by atoms with E-state index in [1.165, 1.54) is 5.56 Å². The van der Waals surface area contributed by atoms with Gasteiger partial charge in [-0.05, 0) is 53.0 Å². The lowest BCUT2D eigenvalue weighted by atomic mass is 9.99. The van der Waals surface area contributed by atoms with Crippen LogP contribution >= 0.6 is 15.9 Å². The molecular weight excluding hydrogens is 278 g/mol. The molecule has 1 atom stereocenters. The fraction of sp³-hybridized carbons (Fsp3) is 0.214. The molecule has 1 aromatic carbocycles. The zero-order valence-electron chi connectivity index (χ0n) is 9.81. The number of hydrogen-bond donors (Lipinski definition) is 1. The van der Waals surface area contributed by atoms with Gasteiger partial charge in [-0.25, -0.2) is 0 Å². The van der Waals surface area contributed by atoms with Crippen LogP contribution in [0.3, 0.4) is 0 Å². The number of halogens is 1. The second kappa shape index (κ2) is 4.98. The number of benzene rings is 1. The maximum absolute atomic E-state index is 10.4. The third-order valence-electron chi connectivity index (χ3n) is 2.77. The molecule has 3 heteroatoms. The number of aryl methyl sites for hydroxylation is 2. The van der Waals surface area contributed by atoms with E-state index in [4.69, 9.17) is 0 Å². The van der Waals surface area contributed by atoms with E-state index < -0.39 is 6.10 Å². The standard InChI is InChI=1S/C14H14BrNO/c1-9-5-6-11(10(2)8-9)14(17)13-12(15)4-3-7-16-13/h3-8,14,17H,1-2H3. The first-order chi connectivity index (χ1) is 8.09. The Labute approximate surface area is 109 Å². The average Bonchev–Trinajstić information content (AvgIpc) is 2.29. The van der Waals surface area contributed by atoms with Gasteiger partial charge < -0.3 is 5.11 Å². The Hall–Kier alpha value is -1.19. The van der Waals surface area contributed by atoms with Crippen LogP contribution in [0.15, 0.2) is 41.0 Å². The number of pyridine rings is 1. The van der Waals surface area contributed by atoms with Gasteiger partial charge in [-0.3, -0.25) is 4.98 Å². The highest BCUT2D eigenvalue weighted by atomic mass is 79.9. The molecule has 0 radical (unpaired) electrons. The SMILES string of the molecule is Cc1ccc(C(O)c2ncccc2Br)c(C)c1. The van der Waals surface area contributed by atoms with Gasteiger partial charge in [-0.15, -0.1) is 0 Å². The van der Waals surface area contributed by atoms with Crippen molar-refractivity contribution >= 4 is 15.9 Å². The van der Waals surface area contributed by atoms with Gasteiger partial charge in [0.25, 0.3) is 0 Å². The topological polar surface area (TPSA) is 33.1 Å². The molecule has 17 heavy (non-hydrogen) atoms. The van der Waals surface area contributed by atoms with Crippen LogP contribution < -0.4 is 0 Å². The van der Waals surface area contributed by atoms with E-state index in [0.29, 0.717) is 5.69 Å². The maximum Gasteiger partial charge on any atom is 0.122 e. The molecular formula is C14H14BrNO. The van der Waals surface area contributed by atoms with Crippen molar-refractivity contribution in [3.8, 4) is 0 Å². The molecule has 1 aromatic heterocycles. The summed E-state index contributed by atoms with van der Waals surface area (Å²) in [5.74, 6) is 0. The van der Waals surface area contributed by atoms with Crippen molar-refractivity contribution in [3.05, 3.63) is 63.4 Å². The minimum absolute atomic E-state index is 0.652. The Balaban J connectivity index is 2.44. The van der Waals surface area contributed by atoms with E-state index >= 15 is 0 Å². The molecule has 0 aliphatic rings. The number of rotatable bonds is 2. The van der Waals surface area contributed by atoms with Crippen LogP contribution in [-0.2, 0) is 0 Å². The van der Waals surface area contributed by atoms with Gasteiger partial charge in [-0.2, -0.15) is 0 Å². The van der Waals surface area contributed by atoms with Gasteiger partial charge in [0.05, 0.1) is 5.69 Å². The highest BCUT2D eigenvalue weighted by molar-refractivity contribution is 9.10. The Bertz CT molecular complexity index is 539. The van der Waals surface area contributed by atoms with Gasteiger partial charge >= 0.3 is 0 Å². The summed E-state index contributed by atoms with van der Waals surface area (Å²) >= 11 is 3.41. The Morgan fingerprint density at radius 3 is 2.65 bits per heavy atom. The van der Waals surface area contributed by atoms with Gasteiger partial charge in [-0.1, -0.05) is 23.8 Å². The van der Waals surface area contributed by atoms with Gasteiger partial charge in [0.1, 0.15) is 6.10 Å². The third kappa shape index (κ3) is 2.56. The fourth-order valence-electron chi connectivity index (χ4n) is 1.88. The molecule has 0 spiro atoms. The van der Waals surface area contributed by atoms with Gasteiger partial charge in [0, 0.05) is 10.7 Å². The molecule has 2 nitrogen and oxygen atoms in total. The Morgan fingerprint density at radius 2 is 2.00 bits per heavy atom. The molecule has 1 heterocycles. The first kappa shape index (κ1) is 12.3. The summed E-state index contributed by atoms with van der Waals surface area (Å²) in [6.07, 6.45) is 0.999. The summed E-state index contributed by atoms with van der Waals surface area (Å²) in [6, 6.07) is 9.74. The number of aliphatic hydroxyl groups excluding tert-OH is 1. The first-order valence-corrected chi connectivity index (χ1v) is 6.24. The summed E-state index contributed by atoms with van der Waals surface area (Å²) < 4.78 is 0.826. The van der Waals surface area contributed by atoms with E-state index in [0.717, 1.165) is 15.6 Å². The number of hydrogen-bond acceptors (Lipinski definition) is 2. The van der Waals surface area contributed by atoms with E-state index in [-0.39, 0.29) is 0 Å². The number of aromatic nitrogens is 1. The summed E-state index contributed by atoms with van der Waals surface area (Å²) in [5.41, 5.74) is 3.82. The van der Waals surface area contributed by atoms with Crippen LogP contribution in [0.25, 0.3) is 0 Å². The molecule has 0 amide bonds. The van der Waals surface area contributed by atoms with Gasteiger partial charge in [0.2, 0.25) is 0 Å². The minimum Gasteiger partial charge on any atom is -0.382 e. The molecule has 0 fully saturated rings. The molecule has 2 aromatic rings. The zero-order chi connectivity index (χ0) is 12.4. The quantitative estimate of drug-likeness (QED) is 0.918. The van der Waals surface area contributed by atoms with Crippen LogP contribution in [0.5, 0.6) is 0 Å². The van der Waals surface area contributed by atoms with Crippen molar-refractivity contribution in [2.45, 2.75) is 20.0 Å². The molecule has 0 saturated heterocycles. The summed E-state index contributed by atoms with van der Waals surface area (Å²) in [5, 5.41) is 10.4. The molecule has 0 bridgehead atoms.